The number of nitrogens with one attached hydrogen (secondary N) is 1. The van der Waals surface area contributed by atoms with Gasteiger partial charge in [0.05, 0.1) is 31.3 Å². The van der Waals surface area contributed by atoms with E-state index in [-0.39, 0.29) is 18.9 Å². The molecule has 0 aliphatic heterocycles. The number of hydrogen-bond acceptors (Lipinski definition) is 4. The summed E-state index contributed by atoms with van der Waals surface area (Å²) in [6, 6.07) is -0.768. The van der Waals surface area contributed by atoms with Gasteiger partial charge in [0.15, 0.2) is 0 Å². The quantitative estimate of drug-likeness (QED) is 0.0429. The molecule has 0 aromatic rings. The van der Waals surface area contributed by atoms with Gasteiger partial charge >= 0.3 is 0 Å². The number of rotatable bonds is 33. The number of amides is 1. The van der Waals surface area contributed by atoms with Crippen molar-refractivity contribution >= 4 is 5.91 Å². The second-order valence-corrected chi connectivity index (χ2v) is 12.8. The van der Waals surface area contributed by atoms with E-state index in [1.54, 1.807) is 6.08 Å². The maximum absolute atomic E-state index is 12.4. The Bertz CT molecular complexity index is 745. The van der Waals surface area contributed by atoms with Crippen LogP contribution in [0.3, 0.4) is 0 Å². The first-order valence-corrected chi connectivity index (χ1v) is 18.9. The van der Waals surface area contributed by atoms with Gasteiger partial charge in [0.2, 0.25) is 5.91 Å². The molecule has 0 saturated heterocycles. The summed E-state index contributed by atoms with van der Waals surface area (Å²) < 4.78 is 0. The summed E-state index contributed by atoms with van der Waals surface area (Å²) in [5, 5.41) is 33.0. The van der Waals surface area contributed by atoms with E-state index in [4.69, 9.17) is 0 Å². The molecule has 0 fully saturated rings. The highest BCUT2D eigenvalue weighted by atomic mass is 16.3. The number of carbonyl (C=O) groups excluding carboxylic acids is 1. The molecule has 45 heavy (non-hydrogen) atoms. The largest absolute Gasteiger partial charge is 0.394 e. The van der Waals surface area contributed by atoms with Crippen molar-refractivity contribution in [3.05, 3.63) is 48.6 Å². The molecule has 0 saturated carbocycles. The molecule has 4 N–H and O–H groups in total. The van der Waals surface area contributed by atoms with Gasteiger partial charge in [0, 0.05) is 0 Å². The molecule has 262 valence electrons. The van der Waals surface area contributed by atoms with Crippen LogP contribution in [0.25, 0.3) is 0 Å². The zero-order valence-corrected chi connectivity index (χ0v) is 29.5. The molecular weight excluding hydrogens is 558 g/mol. The Kier molecular flexibility index (Phi) is 33.8. The summed E-state index contributed by atoms with van der Waals surface area (Å²) in [5.41, 5.74) is 0. The van der Waals surface area contributed by atoms with Gasteiger partial charge in [-0.3, -0.25) is 4.79 Å². The van der Waals surface area contributed by atoms with Gasteiger partial charge < -0.3 is 20.6 Å². The van der Waals surface area contributed by atoms with E-state index in [1.807, 2.05) is 6.08 Å². The Morgan fingerprint density at radius 3 is 1.49 bits per heavy atom. The predicted octanol–water partition coefficient (Wildman–Crippen LogP) is 10.2. The van der Waals surface area contributed by atoms with Gasteiger partial charge in [0.25, 0.3) is 0 Å². The molecular formula is C40H73NO4. The molecule has 1 amide bonds. The van der Waals surface area contributed by atoms with Crippen LogP contribution in [0.15, 0.2) is 48.6 Å². The van der Waals surface area contributed by atoms with E-state index < -0.39 is 18.2 Å². The fourth-order valence-corrected chi connectivity index (χ4v) is 5.35. The molecule has 0 bridgehead atoms. The van der Waals surface area contributed by atoms with Crippen LogP contribution in [0, 0.1) is 0 Å². The maximum Gasteiger partial charge on any atom is 0.222 e. The summed E-state index contributed by atoms with van der Waals surface area (Å²) in [7, 11) is 0. The van der Waals surface area contributed by atoms with Gasteiger partial charge in [-0.05, 0) is 64.2 Å². The fourth-order valence-electron chi connectivity index (χ4n) is 5.35. The molecule has 5 nitrogen and oxygen atoms in total. The van der Waals surface area contributed by atoms with Gasteiger partial charge in [-0.25, -0.2) is 0 Å². The lowest BCUT2D eigenvalue weighted by Crippen LogP contribution is -2.45. The van der Waals surface area contributed by atoms with E-state index in [9.17, 15) is 20.1 Å². The SMILES string of the molecule is CCCC/C=C/CC/C=C/CC/C=C/C(O)C(CO)NC(=O)CC(O)CCCCCCC/C=C\CCCCCCCCCCC. The van der Waals surface area contributed by atoms with Crippen LogP contribution in [0.5, 0.6) is 0 Å². The number of unbranched alkanes of at least 4 members (excludes halogenated alkanes) is 18. The topological polar surface area (TPSA) is 89.8 Å². The van der Waals surface area contributed by atoms with Gasteiger partial charge in [-0.15, -0.1) is 0 Å². The summed E-state index contributed by atoms with van der Waals surface area (Å²) in [6.45, 7) is 4.12. The fraction of sp³-hybridized carbons (Fsp3) is 0.775. The first-order chi connectivity index (χ1) is 22.0. The summed E-state index contributed by atoms with van der Waals surface area (Å²) in [6.07, 6.45) is 43.8. The van der Waals surface area contributed by atoms with Crippen LogP contribution in [0.1, 0.15) is 174 Å². The monoisotopic (exact) mass is 632 g/mol. The first-order valence-electron chi connectivity index (χ1n) is 18.9. The van der Waals surface area contributed by atoms with E-state index in [1.165, 1.54) is 96.3 Å². The van der Waals surface area contributed by atoms with E-state index >= 15 is 0 Å². The lowest BCUT2D eigenvalue weighted by atomic mass is 10.0. The van der Waals surface area contributed by atoms with Crippen LogP contribution in [0.2, 0.25) is 0 Å². The highest BCUT2D eigenvalue weighted by Crippen LogP contribution is 2.13. The number of aliphatic hydroxyl groups is 3. The molecule has 3 unspecified atom stereocenters. The number of hydrogen-bond donors (Lipinski definition) is 4. The Hall–Kier alpha value is -1.69. The smallest absolute Gasteiger partial charge is 0.222 e. The van der Waals surface area contributed by atoms with Crippen molar-refractivity contribution in [1.29, 1.82) is 0 Å². The summed E-state index contributed by atoms with van der Waals surface area (Å²) >= 11 is 0. The molecule has 0 aromatic carbocycles. The van der Waals surface area contributed by atoms with E-state index in [0.717, 1.165) is 51.4 Å². The third-order valence-corrected chi connectivity index (χ3v) is 8.32. The Morgan fingerprint density at radius 2 is 0.978 bits per heavy atom. The predicted molar refractivity (Wildman–Crippen MR) is 194 cm³/mol. The minimum atomic E-state index is -0.960. The minimum Gasteiger partial charge on any atom is -0.394 e. The average Bonchev–Trinajstić information content (AvgIpc) is 3.03. The van der Waals surface area contributed by atoms with Crippen molar-refractivity contribution in [2.75, 3.05) is 6.61 Å². The van der Waals surface area contributed by atoms with Crippen LogP contribution in [0.4, 0.5) is 0 Å². The average molecular weight is 632 g/mol. The highest BCUT2D eigenvalue weighted by molar-refractivity contribution is 5.76. The van der Waals surface area contributed by atoms with Crippen molar-refractivity contribution in [3.63, 3.8) is 0 Å². The Balaban J connectivity index is 3.78. The zero-order valence-electron chi connectivity index (χ0n) is 29.5. The van der Waals surface area contributed by atoms with Crippen molar-refractivity contribution < 1.29 is 20.1 Å². The molecule has 5 heteroatoms. The Morgan fingerprint density at radius 1 is 0.556 bits per heavy atom. The highest BCUT2D eigenvalue weighted by Gasteiger charge is 2.20. The normalized spacial score (nSPS) is 14.3. The molecule has 0 aromatic heterocycles. The summed E-state index contributed by atoms with van der Waals surface area (Å²) in [4.78, 5) is 12.4. The van der Waals surface area contributed by atoms with Gasteiger partial charge in [0.1, 0.15) is 0 Å². The number of allylic oxidation sites excluding steroid dienone is 7. The van der Waals surface area contributed by atoms with Crippen LogP contribution >= 0.6 is 0 Å². The number of carbonyl (C=O) groups is 1. The standard InChI is InChI=1S/C40H73NO4/c1-3-5-7-9-11-13-15-17-18-19-20-21-22-23-25-27-29-31-33-37(43)35-40(45)41-38(36-42)39(44)34-32-30-28-26-24-16-14-12-10-8-6-4-2/h10,12,20-21,24,26,32,34,37-39,42-44H,3-9,11,13-19,22-23,25,27-31,33,35-36H2,1-2H3,(H,41,45)/b12-10+,21-20-,26-24+,34-32+. The third-order valence-electron chi connectivity index (χ3n) is 8.32. The van der Waals surface area contributed by atoms with Crippen molar-refractivity contribution in [1.82, 2.24) is 5.32 Å². The van der Waals surface area contributed by atoms with Crippen LogP contribution in [-0.2, 0) is 4.79 Å². The Labute approximate surface area is 278 Å². The lowest BCUT2D eigenvalue weighted by molar-refractivity contribution is -0.124. The molecule has 0 radical (unpaired) electrons. The molecule has 3 atom stereocenters. The van der Waals surface area contributed by atoms with Gasteiger partial charge in [-0.1, -0.05) is 152 Å². The summed E-state index contributed by atoms with van der Waals surface area (Å²) in [5.74, 6) is -0.338. The molecule has 0 rings (SSSR count). The third kappa shape index (κ3) is 32.1. The van der Waals surface area contributed by atoms with Crippen LogP contribution < -0.4 is 5.32 Å². The van der Waals surface area contributed by atoms with Gasteiger partial charge in [-0.2, -0.15) is 0 Å². The molecule has 0 heterocycles. The van der Waals surface area contributed by atoms with E-state index in [0.29, 0.717) is 6.42 Å². The first kappa shape index (κ1) is 43.3. The molecule has 0 aliphatic rings. The van der Waals surface area contributed by atoms with E-state index in [2.05, 4.69) is 55.6 Å². The molecule has 0 spiro atoms. The molecule has 0 aliphatic carbocycles. The number of aliphatic hydroxyl groups excluding tert-OH is 3. The lowest BCUT2D eigenvalue weighted by Gasteiger charge is -2.20. The second-order valence-electron chi connectivity index (χ2n) is 12.8. The zero-order chi connectivity index (χ0) is 33.1. The van der Waals surface area contributed by atoms with Crippen molar-refractivity contribution in [2.24, 2.45) is 0 Å². The van der Waals surface area contributed by atoms with Crippen molar-refractivity contribution in [3.8, 4) is 0 Å². The van der Waals surface area contributed by atoms with Crippen molar-refractivity contribution in [2.45, 2.75) is 193 Å². The second kappa shape index (κ2) is 35.2. The van der Waals surface area contributed by atoms with Crippen LogP contribution in [-0.4, -0.2) is 46.1 Å². The maximum atomic E-state index is 12.4. The minimum absolute atomic E-state index is 0.00469.